The van der Waals surface area contributed by atoms with Gasteiger partial charge in [-0.25, -0.2) is 8.78 Å². The quantitative estimate of drug-likeness (QED) is 0.0316. The third-order valence-electron chi connectivity index (χ3n) is 14.1. The highest BCUT2D eigenvalue weighted by molar-refractivity contribution is 6.14. The van der Waals surface area contributed by atoms with Crippen molar-refractivity contribution in [3.05, 3.63) is 204 Å². The number of carbonyl (C=O) groups excluding carboxylic acids is 6. The van der Waals surface area contributed by atoms with Crippen molar-refractivity contribution in [2.24, 2.45) is 0 Å². The van der Waals surface area contributed by atoms with Crippen LogP contribution in [0, 0.1) is 11.6 Å². The fourth-order valence-corrected chi connectivity index (χ4v) is 10.5. The lowest BCUT2D eigenvalue weighted by atomic mass is 9.94. The lowest BCUT2D eigenvalue weighted by Crippen LogP contribution is -2.23. The molecule has 16 heteroatoms. The maximum absolute atomic E-state index is 14.1. The summed E-state index contributed by atoms with van der Waals surface area (Å²) in [6.07, 6.45) is -2.80. The van der Waals surface area contributed by atoms with Gasteiger partial charge in [-0.1, -0.05) is 125 Å². The topological polar surface area (TPSA) is 195 Å². The number of aliphatic hydroxyl groups is 2. The fourth-order valence-electron chi connectivity index (χ4n) is 10.5. The first-order valence-corrected chi connectivity index (χ1v) is 28.4. The molecule has 8 rings (SSSR count). The molecule has 0 saturated heterocycles. The molecule has 0 aliphatic heterocycles. The number of hydrogen-bond acceptors (Lipinski definition) is 10. The zero-order valence-electron chi connectivity index (χ0n) is 48.6. The summed E-state index contributed by atoms with van der Waals surface area (Å²) in [5.41, 5.74) is 9.48. The number of anilines is 2. The van der Waals surface area contributed by atoms with E-state index in [-0.39, 0.29) is 74.1 Å². The van der Waals surface area contributed by atoms with Gasteiger partial charge in [0.05, 0.1) is 61.3 Å². The van der Waals surface area contributed by atoms with Crippen LogP contribution in [0.2, 0.25) is 0 Å². The minimum Gasteiger partial charge on any atom is -0.469 e. The second-order valence-corrected chi connectivity index (χ2v) is 21.1. The number of esters is 2. The number of Topliss-reactive ketones (excluding diaryl/α,β-unsaturated/α-hetero) is 2. The van der Waals surface area contributed by atoms with E-state index in [4.69, 9.17) is 4.74 Å². The number of halogens is 2. The number of rotatable bonds is 25. The van der Waals surface area contributed by atoms with Gasteiger partial charge in [-0.2, -0.15) is 0 Å². The van der Waals surface area contributed by atoms with E-state index in [1.54, 1.807) is 43.3 Å². The molecular weight excluding hydrogens is 1080 g/mol. The van der Waals surface area contributed by atoms with Crippen LogP contribution in [0.25, 0.3) is 44.8 Å². The smallest absolute Gasteiger partial charge is 0.313 e. The van der Waals surface area contributed by atoms with Gasteiger partial charge in [0.2, 0.25) is 0 Å². The maximum Gasteiger partial charge on any atom is 0.313 e. The summed E-state index contributed by atoms with van der Waals surface area (Å²) >= 11 is 0. The number of nitrogens with zero attached hydrogens (tertiary/aromatic N) is 2. The van der Waals surface area contributed by atoms with Gasteiger partial charge < -0.3 is 39.5 Å². The molecule has 0 spiro atoms. The van der Waals surface area contributed by atoms with Crippen LogP contribution < -0.4 is 10.6 Å². The van der Waals surface area contributed by atoms with Crippen molar-refractivity contribution in [1.82, 2.24) is 9.13 Å². The number of carbonyl (C=O) groups is 6. The average molecular weight is 1160 g/mol. The van der Waals surface area contributed by atoms with Gasteiger partial charge >= 0.3 is 11.9 Å². The molecule has 442 valence electrons. The summed E-state index contributed by atoms with van der Waals surface area (Å²) in [5, 5.41) is 27.2. The minimum absolute atomic E-state index is 0.00778. The van der Waals surface area contributed by atoms with Crippen LogP contribution in [-0.4, -0.2) is 80.6 Å². The maximum atomic E-state index is 14.1. The lowest BCUT2D eigenvalue weighted by Gasteiger charge is -2.20. The van der Waals surface area contributed by atoms with Gasteiger partial charge in [0.1, 0.15) is 23.8 Å². The van der Waals surface area contributed by atoms with Crippen LogP contribution in [0.15, 0.2) is 170 Å². The average Bonchev–Trinajstić information content (AvgIpc) is 4.05. The Hall–Kier alpha value is -9.12. The number of methoxy groups -OCH3 is 1. The molecule has 0 radical (unpaired) electrons. The first-order valence-electron chi connectivity index (χ1n) is 28.4. The van der Waals surface area contributed by atoms with Gasteiger partial charge in [-0.3, -0.25) is 28.8 Å². The Morgan fingerprint density at radius 1 is 0.506 bits per heavy atom. The van der Waals surface area contributed by atoms with Crippen LogP contribution in [0.1, 0.15) is 117 Å². The van der Waals surface area contributed by atoms with Crippen molar-refractivity contribution in [3.8, 4) is 44.8 Å². The van der Waals surface area contributed by atoms with E-state index in [1.165, 1.54) is 31.4 Å². The monoisotopic (exact) mass is 1150 g/mol. The number of hydrogen-bond donors (Lipinski definition) is 4. The van der Waals surface area contributed by atoms with E-state index in [0.717, 1.165) is 28.1 Å². The van der Waals surface area contributed by atoms with Gasteiger partial charge in [0.25, 0.3) is 11.8 Å². The first-order chi connectivity index (χ1) is 40.9. The van der Waals surface area contributed by atoms with Crippen LogP contribution in [-0.2, 0) is 41.7 Å². The molecular formula is C69H72F2N4O10. The molecule has 0 aliphatic carbocycles. The molecule has 0 fully saturated rings. The summed E-state index contributed by atoms with van der Waals surface area (Å²) in [4.78, 5) is 76.7. The molecule has 2 amide bonds. The molecule has 85 heavy (non-hydrogen) atoms. The number of ketones is 2. The molecule has 1 unspecified atom stereocenters. The van der Waals surface area contributed by atoms with Gasteiger partial charge in [0.15, 0.2) is 5.78 Å². The predicted octanol–water partition coefficient (Wildman–Crippen LogP) is 13.6. The van der Waals surface area contributed by atoms with Crippen molar-refractivity contribution in [2.45, 2.75) is 110 Å². The molecule has 6 aromatic carbocycles. The third-order valence-corrected chi connectivity index (χ3v) is 14.1. The van der Waals surface area contributed by atoms with E-state index in [0.29, 0.717) is 57.1 Å². The largest absolute Gasteiger partial charge is 0.469 e. The van der Waals surface area contributed by atoms with Crippen LogP contribution in [0.4, 0.5) is 20.2 Å². The van der Waals surface area contributed by atoms with Crippen molar-refractivity contribution in [1.29, 1.82) is 0 Å². The summed E-state index contributed by atoms with van der Waals surface area (Å²) in [6, 6.07) is 49.6. The highest BCUT2D eigenvalue weighted by Gasteiger charge is 2.33. The highest BCUT2D eigenvalue weighted by Crippen LogP contribution is 2.44. The van der Waals surface area contributed by atoms with Gasteiger partial charge in [0, 0.05) is 53.4 Å². The molecule has 4 N–H and O–H groups in total. The number of benzene rings is 6. The van der Waals surface area contributed by atoms with Gasteiger partial charge in [-0.15, -0.1) is 0 Å². The van der Waals surface area contributed by atoms with Crippen LogP contribution >= 0.6 is 0 Å². The number of nitrogens with one attached hydrogen (secondary N) is 2. The van der Waals surface area contributed by atoms with E-state index in [9.17, 15) is 47.8 Å². The van der Waals surface area contributed by atoms with Crippen molar-refractivity contribution >= 4 is 46.7 Å². The van der Waals surface area contributed by atoms with Crippen molar-refractivity contribution in [2.75, 3.05) is 24.4 Å². The molecule has 2 aromatic heterocycles. The van der Waals surface area contributed by atoms with Crippen LogP contribution in [0.5, 0.6) is 0 Å². The molecule has 2 atom stereocenters. The van der Waals surface area contributed by atoms with Gasteiger partial charge in [-0.05, 0) is 127 Å². The lowest BCUT2D eigenvalue weighted by molar-refractivity contribution is -0.146. The SMILES string of the molecule is CCOC(=O)CC(=O)CC(=O)CCn1c(-c2ccc(F)cc2)c(-c2ccccc2)c(C(=O)Nc2ccccc2)c1C(C)C.COC(=O)CC(O)C[C@H](O)CCn1c(-c2ccc(F)cc2)c(-c2ccccc2)c(C(=O)Nc2ccccc2)c1C(C)C. The number of para-hydroxylation sites is 2. The number of aromatic nitrogens is 2. The Kier molecular flexibility index (Phi) is 22.7. The van der Waals surface area contributed by atoms with E-state index in [1.807, 2.05) is 146 Å². The fraction of sp³-hybridized carbons (Fsp3) is 0.275. The Bertz CT molecular complexity index is 3550. The molecule has 0 saturated carbocycles. The summed E-state index contributed by atoms with van der Waals surface area (Å²) < 4.78 is 41.5. The number of aliphatic hydroxyl groups excluding tert-OH is 2. The normalized spacial score (nSPS) is 11.8. The molecule has 2 heterocycles. The standard InChI is InChI=1S/C35H35FN2O5.C34H37FN2O5/c1-4-43-30(41)22-29(40)21-28(39)19-20-38-33(23(2)3)32(35(42)37-27-13-9-6-10-14-27)31(24-11-7-5-8-12-24)34(38)25-15-17-26(36)18-16-25;1-22(2)32-31(34(41)36-26-12-8-5-9-13-26)30(23-10-6-4-7-11-23)33(24-14-16-25(35)17-15-24)37(32)19-18-27(38)20-28(39)21-29(40)42-3/h5-18,23H,4,19-22H2,1-3H3,(H,37,42);4-17,22,27-28,38-39H,18-21H2,1-3H3,(H,36,41)/t;27-,28?/m.1/s1. The molecule has 8 aromatic rings. The second kappa shape index (κ2) is 30.4. The van der Waals surface area contributed by atoms with E-state index >= 15 is 0 Å². The zero-order chi connectivity index (χ0) is 61.2. The molecule has 0 aliphatic rings. The predicted molar refractivity (Wildman–Crippen MR) is 326 cm³/mol. The van der Waals surface area contributed by atoms with E-state index < -0.39 is 48.6 Å². The summed E-state index contributed by atoms with van der Waals surface area (Å²) in [7, 11) is 1.25. The third kappa shape index (κ3) is 16.8. The summed E-state index contributed by atoms with van der Waals surface area (Å²) in [5.74, 6) is -3.66. The van der Waals surface area contributed by atoms with Crippen molar-refractivity contribution < 1.29 is 57.2 Å². The first kappa shape index (κ1) is 63.5. The van der Waals surface area contributed by atoms with Crippen LogP contribution in [0.3, 0.4) is 0 Å². The molecule has 14 nitrogen and oxygen atoms in total. The molecule has 0 bridgehead atoms. The zero-order valence-corrected chi connectivity index (χ0v) is 48.6. The number of amides is 2. The highest BCUT2D eigenvalue weighted by atomic mass is 19.1. The Labute approximate surface area is 494 Å². The Morgan fingerprint density at radius 3 is 1.32 bits per heavy atom. The number of ether oxygens (including phenoxy) is 2. The van der Waals surface area contributed by atoms with Crippen molar-refractivity contribution in [3.63, 3.8) is 0 Å². The Morgan fingerprint density at radius 2 is 0.918 bits per heavy atom. The second-order valence-electron chi connectivity index (χ2n) is 21.1. The minimum atomic E-state index is -1.05. The Balaban J connectivity index is 0.000000244. The van der Waals surface area contributed by atoms with E-state index in [2.05, 4.69) is 15.4 Å². The summed E-state index contributed by atoms with van der Waals surface area (Å²) in [6.45, 7) is 10.2.